The molecule has 3 rings (SSSR count). The number of hydrogen-bond acceptors (Lipinski definition) is 2. The Kier molecular flexibility index (Phi) is 3.67. The van der Waals surface area contributed by atoms with Gasteiger partial charge in [-0.05, 0) is 63.6 Å². The SMILES string of the molecule is CCc1ccc(Cl)c(C2CC2B2OC(C)(C)C(C)(C)O2)c1. The van der Waals surface area contributed by atoms with Crippen molar-refractivity contribution in [3.8, 4) is 0 Å². The van der Waals surface area contributed by atoms with Crippen LogP contribution < -0.4 is 0 Å². The van der Waals surface area contributed by atoms with Gasteiger partial charge in [-0.3, -0.25) is 0 Å². The van der Waals surface area contributed by atoms with Crippen LogP contribution in [0.15, 0.2) is 18.2 Å². The van der Waals surface area contributed by atoms with Crippen LogP contribution in [0.3, 0.4) is 0 Å². The molecule has 1 saturated heterocycles. The van der Waals surface area contributed by atoms with Crippen LogP contribution in [0.1, 0.15) is 58.1 Å². The molecule has 4 heteroatoms. The van der Waals surface area contributed by atoms with E-state index < -0.39 is 0 Å². The van der Waals surface area contributed by atoms with Crippen molar-refractivity contribution >= 4 is 18.7 Å². The molecule has 114 valence electrons. The lowest BCUT2D eigenvalue weighted by Gasteiger charge is -2.32. The summed E-state index contributed by atoms with van der Waals surface area (Å²) in [4.78, 5) is 0. The Morgan fingerprint density at radius 2 is 1.81 bits per heavy atom. The molecule has 0 spiro atoms. The Morgan fingerprint density at radius 1 is 1.19 bits per heavy atom. The molecule has 0 amide bonds. The van der Waals surface area contributed by atoms with Gasteiger partial charge in [0.1, 0.15) is 0 Å². The van der Waals surface area contributed by atoms with E-state index in [9.17, 15) is 0 Å². The highest BCUT2D eigenvalue weighted by atomic mass is 35.5. The normalized spacial score (nSPS) is 29.7. The van der Waals surface area contributed by atoms with Crippen LogP contribution in [0, 0.1) is 0 Å². The molecule has 2 atom stereocenters. The highest BCUT2D eigenvalue weighted by Crippen LogP contribution is 2.59. The number of benzene rings is 1. The van der Waals surface area contributed by atoms with E-state index in [1.54, 1.807) is 0 Å². The van der Waals surface area contributed by atoms with Crippen LogP contribution in [0.4, 0.5) is 0 Å². The van der Waals surface area contributed by atoms with Crippen LogP contribution in [-0.4, -0.2) is 18.3 Å². The second kappa shape index (κ2) is 5.01. The summed E-state index contributed by atoms with van der Waals surface area (Å²) >= 11 is 6.39. The Labute approximate surface area is 133 Å². The van der Waals surface area contributed by atoms with Gasteiger partial charge in [0.25, 0.3) is 0 Å². The fourth-order valence-corrected chi connectivity index (χ4v) is 3.29. The summed E-state index contributed by atoms with van der Waals surface area (Å²) in [6, 6.07) is 6.38. The molecule has 1 aromatic rings. The van der Waals surface area contributed by atoms with Gasteiger partial charge in [0, 0.05) is 10.8 Å². The van der Waals surface area contributed by atoms with E-state index in [4.69, 9.17) is 20.9 Å². The predicted octanol–water partition coefficient (Wildman–Crippen LogP) is 4.85. The van der Waals surface area contributed by atoms with Crippen molar-refractivity contribution < 1.29 is 9.31 Å². The first-order valence-electron chi connectivity index (χ1n) is 7.89. The zero-order valence-corrected chi connectivity index (χ0v) is 14.3. The molecular weight excluding hydrogens is 282 g/mol. The van der Waals surface area contributed by atoms with E-state index >= 15 is 0 Å². The van der Waals surface area contributed by atoms with Gasteiger partial charge in [-0.15, -0.1) is 0 Å². The summed E-state index contributed by atoms with van der Waals surface area (Å²) in [6.45, 7) is 10.6. The third kappa shape index (κ3) is 2.65. The minimum Gasteiger partial charge on any atom is -0.403 e. The molecule has 0 bridgehead atoms. The lowest BCUT2D eigenvalue weighted by Crippen LogP contribution is -2.41. The minimum atomic E-state index is -0.250. The van der Waals surface area contributed by atoms with Crippen molar-refractivity contribution in [1.82, 2.24) is 0 Å². The molecule has 0 N–H and O–H groups in total. The molecule has 2 nitrogen and oxygen atoms in total. The quantitative estimate of drug-likeness (QED) is 0.743. The zero-order valence-electron chi connectivity index (χ0n) is 13.6. The van der Waals surface area contributed by atoms with Gasteiger partial charge in [-0.2, -0.15) is 0 Å². The van der Waals surface area contributed by atoms with Crippen molar-refractivity contribution in [1.29, 1.82) is 0 Å². The average Bonchev–Trinajstić information content (AvgIpc) is 3.14. The first kappa shape index (κ1) is 15.4. The van der Waals surface area contributed by atoms with E-state index in [0.717, 1.165) is 17.9 Å². The summed E-state index contributed by atoms with van der Waals surface area (Å²) < 4.78 is 12.3. The molecule has 21 heavy (non-hydrogen) atoms. The lowest BCUT2D eigenvalue weighted by atomic mass is 9.79. The maximum absolute atomic E-state index is 6.39. The van der Waals surface area contributed by atoms with E-state index in [2.05, 4.69) is 46.8 Å². The average molecular weight is 307 g/mol. The highest BCUT2D eigenvalue weighted by Gasteiger charge is 2.60. The van der Waals surface area contributed by atoms with Crippen molar-refractivity contribution in [2.45, 2.75) is 70.4 Å². The van der Waals surface area contributed by atoms with Crippen LogP contribution in [-0.2, 0) is 15.7 Å². The molecule has 2 fully saturated rings. The number of rotatable bonds is 3. The van der Waals surface area contributed by atoms with E-state index in [1.165, 1.54) is 11.1 Å². The van der Waals surface area contributed by atoms with Crippen LogP contribution in [0.2, 0.25) is 10.8 Å². The Bertz CT molecular complexity index is 540. The van der Waals surface area contributed by atoms with Gasteiger partial charge in [-0.1, -0.05) is 30.7 Å². The van der Waals surface area contributed by atoms with Gasteiger partial charge in [0.15, 0.2) is 0 Å². The minimum absolute atomic E-state index is 0.110. The summed E-state index contributed by atoms with van der Waals surface area (Å²) in [5, 5.41) is 0.871. The Morgan fingerprint density at radius 3 is 2.38 bits per heavy atom. The molecule has 1 aromatic carbocycles. The monoisotopic (exact) mass is 306 g/mol. The first-order valence-corrected chi connectivity index (χ1v) is 8.27. The number of hydrogen-bond donors (Lipinski definition) is 0. The Hall–Kier alpha value is -0.505. The van der Waals surface area contributed by atoms with Crippen molar-refractivity contribution in [2.75, 3.05) is 0 Å². The molecule has 1 aliphatic carbocycles. The van der Waals surface area contributed by atoms with E-state index in [-0.39, 0.29) is 18.3 Å². The maximum Gasteiger partial charge on any atom is 0.461 e. The standard InChI is InChI=1S/C17H24BClO2/c1-6-11-7-8-15(19)13(9-11)12-10-14(12)18-20-16(2,3)17(4,5)21-18/h7-9,12,14H,6,10H2,1-5H3. The number of aryl methyl sites for hydroxylation is 1. The zero-order chi connectivity index (χ0) is 15.4. The van der Waals surface area contributed by atoms with E-state index in [0.29, 0.717) is 11.7 Å². The van der Waals surface area contributed by atoms with Gasteiger partial charge in [-0.25, -0.2) is 0 Å². The molecule has 1 aliphatic heterocycles. The summed E-state index contributed by atoms with van der Waals surface area (Å²) in [5.41, 5.74) is 2.10. The lowest BCUT2D eigenvalue weighted by molar-refractivity contribution is 0.00578. The van der Waals surface area contributed by atoms with Crippen molar-refractivity contribution in [3.05, 3.63) is 34.3 Å². The maximum atomic E-state index is 6.39. The van der Waals surface area contributed by atoms with Crippen LogP contribution in [0.25, 0.3) is 0 Å². The summed E-state index contributed by atoms with van der Waals surface area (Å²) in [5.74, 6) is 0.898. The summed E-state index contributed by atoms with van der Waals surface area (Å²) in [6.07, 6.45) is 2.14. The molecule has 0 aromatic heterocycles. The van der Waals surface area contributed by atoms with Crippen molar-refractivity contribution in [2.24, 2.45) is 0 Å². The molecule has 1 saturated carbocycles. The van der Waals surface area contributed by atoms with Gasteiger partial charge >= 0.3 is 7.12 Å². The highest BCUT2D eigenvalue weighted by molar-refractivity contribution is 6.49. The fraction of sp³-hybridized carbons (Fsp3) is 0.647. The van der Waals surface area contributed by atoms with Gasteiger partial charge in [0.05, 0.1) is 11.2 Å². The van der Waals surface area contributed by atoms with Gasteiger partial charge in [0.2, 0.25) is 0 Å². The van der Waals surface area contributed by atoms with E-state index in [1.807, 2.05) is 6.07 Å². The molecular formula is C17H24BClO2. The van der Waals surface area contributed by atoms with Crippen LogP contribution >= 0.6 is 11.6 Å². The molecule has 2 aliphatic rings. The second-order valence-corrected chi connectivity index (χ2v) is 7.75. The number of halogens is 1. The van der Waals surface area contributed by atoms with Crippen LogP contribution in [0.5, 0.6) is 0 Å². The second-order valence-electron chi connectivity index (χ2n) is 7.34. The Balaban J connectivity index is 1.76. The molecule has 0 radical (unpaired) electrons. The fourth-order valence-electron chi connectivity index (χ4n) is 3.03. The molecule has 1 heterocycles. The smallest absolute Gasteiger partial charge is 0.403 e. The largest absolute Gasteiger partial charge is 0.461 e. The topological polar surface area (TPSA) is 18.5 Å². The van der Waals surface area contributed by atoms with Gasteiger partial charge < -0.3 is 9.31 Å². The predicted molar refractivity (Wildman–Crippen MR) is 88.0 cm³/mol. The molecule has 2 unspecified atom stereocenters. The first-order chi connectivity index (χ1) is 9.75. The third-order valence-corrected chi connectivity index (χ3v) is 5.67. The van der Waals surface area contributed by atoms with Crippen molar-refractivity contribution in [3.63, 3.8) is 0 Å². The summed E-state index contributed by atoms with van der Waals surface area (Å²) in [7, 11) is -0.110. The third-order valence-electron chi connectivity index (χ3n) is 5.33.